The van der Waals surface area contributed by atoms with Crippen LogP contribution in [0.4, 0.5) is 0 Å². The highest BCUT2D eigenvalue weighted by atomic mass is 35.5. The van der Waals surface area contributed by atoms with Crippen molar-refractivity contribution in [1.82, 2.24) is 0 Å². The van der Waals surface area contributed by atoms with E-state index in [1.165, 1.54) is 20.5 Å². The highest BCUT2D eigenvalue weighted by molar-refractivity contribution is 7.19. The summed E-state index contributed by atoms with van der Waals surface area (Å²) in [5, 5.41) is 1.42. The molecule has 2 rings (SSSR count). The van der Waals surface area contributed by atoms with Crippen molar-refractivity contribution < 1.29 is 0 Å². The zero-order chi connectivity index (χ0) is 9.97. The number of thiophene rings is 1. The summed E-state index contributed by atoms with van der Waals surface area (Å²) < 4.78 is 1.40. The lowest BCUT2D eigenvalue weighted by molar-refractivity contribution is 0.934. The Balaban J connectivity index is 2.45. The molecule has 0 aliphatic carbocycles. The molecule has 0 unspecified atom stereocenters. The van der Waals surface area contributed by atoms with Gasteiger partial charge in [-0.15, -0.1) is 22.9 Å². The first-order valence-electron chi connectivity index (χ1n) is 4.86. The maximum absolute atomic E-state index is 5.73. The van der Waals surface area contributed by atoms with Crippen LogP contribution in [0.5, 0.6) is 0 Å². The van der Waals surface area contributed by atoms with Gasteiger partial charge >= 0.3 is 0 Å². The van der Waals surface area contributed by atoms with Crippen LogP contribution < -0.4 is 0 Å². The lowest BCUT2D eigenvalue weighted by Gasteiger charge is -1.98. The van der Waals surface area contributed by atoms with Crippen LogP contribution in [0.1, 0.15) is 16.9 Å². The third-order valence-electron chi connectivity index (χ3n) is 2.46. The predicted octanol–water partition coefficient (Wildman–Crippen LogP) is 4.38. The van der Waals surface area contributed by atoms with Crippen molar-refractivity contribution in [3.8, 4) is 0 Å². The van der Waals surface area contributed by atoms with Crippen molar-refractivity contribution in [1.29, 1.82) is 0 Å². The Bertz CT molecular complexity index is 431. The third kappa shape index (κ3) is 1.79. The van der Waals surface area contributed by atoms with Crippen LogP contribution in [-0.2, 0) is 6.42 Å². The van der Waals surface area contributed by atoms with E-state index >= 15 is 0 Å². The van der Waals surface area contributed by atoms with Gasteiger partial charge in [0.15, 0.2) is 0 Å². The lowest BCUT2D eigenvalue weighted by atomic mass is 10.1. The standard InChI is InChI=1S/C12H13ClS/c1-9-10(6-4-8-13)11-5-2-3-7-12(11)14-9/h2-3,5,7H,4,6,8H2,1H3. The molecular formula is C12H13ClS. The summed E-state index contributed by atoms with van der Waals surface area (Å²) in [5.74, 6) is 0.754. The van der Waals surface area contributed by atoms with E-state index in [9.17, 15) is 0 Å². The van der Waals surface area contributed by atoms with E-state index in [0.717, 1.165) is 18.7 Å². The van der Waals surface area contributed by atoms with Crippen molar-refractivity contribution >= 4 is 33.0 Å². The fourth-order valence-corrected chi connectivity index (χ4v) is 3.02. The molecule has 1 aromatic heterocycles. The van der Waals surface area contributed by atoms with Crippen molar-refractivity contribution in [2.75, 3.05) is 5.88 Å². The molecular weight excluding hydrogens is 212 g/mol. The molecule has 0 spiro atoms. The minimum absolute atomic E-state index is 0.754. The number of halogens is 1. The molecule has 0 N–H and O–H groups in total. The number of alkyl halides is 1. The molecule has 1 aromatic carbocycles. The smallest absolute Gasteiger partial charge is 0.0348 e. The number of aryl methyl sites for hydroxylation is 2. The summed E-state index contributed by atoms with van der Waals surface area (Å²) in [6.45, 7) is 2.20. The van der Waals surface area contributed by atoms with Crippen LogP contribution in [-0.4, -0.2) is 5.88 Å². The first-order valence-corrected chi connectivity index (χ1v) is 6.21. The second-order valence-corrected chi connectivity index (χ2v) is 5.06. The minimum Gasteiger partial charge on any atom is -0.140 e. The first kappa shape index (κ1) is 10.0. The van der Waals surface area contributed by atoms with Gasteiger partial charge in [-0.1, -0.05) is 18.2 Å². The quantitative estimate of drug-likeness (QED) is 0.679. The highest BCUT2D eigenvalue weighted by Crippen LogP contribution is 2.31. The SMILES string of the molecule is Cc1sc2ccccc2c1CCCCl. The maximum Gasteiger partial charge on any atom is 0.0348 e. The highest BCUT2D eigenvalue weighted by Gasteiger charge is 2.07. The average Bonchev–Trinajstić information content (AvgIpc) is 2.51. The number of rotatable bonds is 3. The lowest BCUT2D eigenvalue weighted by Crippen LogP contribution is -1.86. The zero-order valence-corrected chi connectivity index (χ0v) is 9.79. The number of benzene rings is 1. The molecule has 14 heavy (non-hydrogen) atoms. The summed E-state index contributed by atoms with van der Waals surface area (Å²) in [7, 11) is 0. The van der Waals surface area contributed by atoms with Gasteiger partial charge in [0.1, 0.15) is 0 Å². The van der Waals surface area contributed by atoms with E-state index in [-0.39, 0.29) is 0 Å². The van der Waals surface area contributed by atoms with Crippen LogP contribution in [0.3, 0.4) is 0 Å². The second kappa shape index (κ2) is 4.33. The van der Waals surface area contributed by atoms with Crippen molar-refractivity contribution in [2.45, 2.75) is 19.8 Å². The largest absolute Gasteiger partial charge is 0.140 e. The Hall–Kier alpha value is -0.530. The molecule has 0 fully saturated rings. The molecule has 0 radical (unpaired) electrons. The zero-order valence-electron chi connectivity index (χ0n) is 8.22. The van der Waals surface area contributed by atoms with E-state index in [4.69, 9.17) is 11.6 Å². The Morgan fingerprint density at radius 1 is 1.29 bits per heavy atom. The van der Waals surface area contributed by atoms with Crippen molar-refractivity contribution in [3.63, 3.8) is 0 Å². The fraction of sp³-hybridized carbons (Fsp3) is 0.333. The van der Waals surface area contributed by atoms with E-state index in [1.807, 2.05) is 11.3 Å². The van der Waals surface area contributed by atoms with Crippen LogP contribution in [0, 0.1) is 6.92 Å². The van der Waals surface area contributed by atoms with E-state index < -0.39 is 0 Å². The number of hydrogen-bond donors (Lipinski definition) is 0. The summed E-state index contributed by atoms with van der Waals surface area (Å²) in [6.07, 6.45) is 2.18. The average molecular weight is 225 g/mol. The van der Waals surface area contributed by atoms with E-state index in [0.29, 0.717) is 0 Å². The molecule has 0 bridgehead atoms. The van der Waals surface area contributed by atoms with Gasteiger partial charge in [0, 0.05) is 15.5 Å². The van der Waals surface area contributed by atoms with Crippen LogP contribution in [0.15, 0.2) is 24.3 Å². The van der Waals surface area contributed by atoms with Gasteiger partial charge in [0.25, 0.3) is 0 Å². The monoisotopic (exact) mass is 224 g/mol. The van der Waals surface area contributed by atoms with E-state index in [1.54, 1.807) is 0 Å². The van der Waals surface area contributed by atoms with Gasteiger partial charge in [0.05, 0.1) is 0 Å². The molecule has 2 aromatic rings. The summed E-state index contributed by atoms with van der Waals surface area (Å²) in [6, 6.07) is 8.61. The summed E-state index contributed by atoms with van der Waals surface area (Å²) in [4.78, 5) is 1.44. The number of fused-ring (bicyclic) bond motifs is 1. The Labute approximate surface area is 93.5 Å². The fourth-order valence-electron chi connectivity index (χ4n) is 1.78. The van der Waals surface area contributed by atoms with Crippen LogP contribution >= 0.6 is 22.9 Å². The Morgan fingerprint density at radius 3 is 2.86 bits per heavy atom. The van der Waals surface area contributed by atoms with Crippen LogP contribution in [0.25, 0.3) is 10.1 Å². The van der Waals surface area contributed by atoms with Gasteiger partial charge in [0.2, 0.25) is 0 Å². The van der Waals surface area contributed by atoms with Gasteiger partial charge in [-0.25, -0.2) is 0 Å². The van der Waals surface area contributed by atoms with Crippen molar-refractivity contribution in [3.05, 3.63) is 34.7 Å². The van der Waals surface area contributed by atoms with Gasteiger partial charge < -0.3 is 0 Å². The maximum atomic E-state index is 5.73. The molecule has 0 saturated carbocycles. The molecule has 0 nitrogen and oxygen atoms in total. The molecule has 0 aliphatic heterocycles. The molecule has 1 heterocycles. The molecule has 0 saturated heterocycles. The van der Waals surface area contributed by atoms with E-state index in [2.05, 4.69) is 31.2 Å². The topological polar surface area (TPSA) is 0 Å². The molecule has 0 aliphatic rings. The van der Waals surface area contributed by atoms with Gasteiger partial charge in [-0.05, 0) is 36.8 Å². The van der Waals surface area contributed by atoms with Gasteiger partial charge in [-0.3, -0.25) is 0 Å². The first-order chi connectivity index (χ1) is 6.83. The minimum atomic E-state index is 0.754. The Morgan fingerprint density at radius 2 is 2.07 bits per heavy atom. The summed E-state index contributed by atoms with van der Waals surface area (Å²) >= 11 is 7.61. The number of hydrogen-bond acceptors (Lipinski definition) is 1. The second-order valence-electron chi connectivity index (χ2n) is 3.43. The molecule has 74 valence electrons. The molecule has 0 amide bonds. The van der Waals surface area contributed by atoms with Gasteiger partial charge in [-0.2, -0.15) is 0 Å². The predicted molar refractivity (Wildman–Crippen MR) is 65.6 cm³/mol. The van der Waals surface area contributed by atoms with Crippen LogP contribution in [0.2, 0.25) is 0 Å². The molecule has 2 heteroatoms. The third-order valence-corrected chi connectivity index (χ3v) is 3.86. The summed E-state index contributed by atoms with van der Waals surface area (Å²) in [5.41, 5.74) is 1.49. The Kier molecular flexibility index (Phi) is 3.09. The normalized spacial score (nSPS) is 11.0. The molecule has 0 atom stereocenters. The van der Waals surface area contributed by atoms with Crippen molar-refractivity contribution in [2.24, 2.45) is 0 Å².